The van der Waals surface area contributed by atoms with Crippen LogP contribution in [0.3, 0.4) is 0 Å². The molecule has 0 aliphatic rings. The van der Waals surface area contributed by atoms with Crippen molar-refractivity contribution in [2.45, 2.75) is 39.0 Å². The maximum atomic E-state index is 6.01. The molecule has 2 rings (SSSR count). The van der Waals surface area contributed by atoms with E-state index in [1.54, 1.807) is 4.68 Å². The molecule has 0 amide bonds. The second-order valence-electron chi connectivity index (χ2n) is 5.12. The van der Waals surface area contributed by atoms with E-state index < -0.39 is 0 Å². The molecule has 0 radical (unpaired) electrons. The van der Waals surface area contributed by atoms with Gasteiger partial charge in [-0.05, 0) is 38.2 Å². The predicted molar refractivity (Wildman–Crippen MR) is 80.1 cm³/mol. The highest BCUT2D eigenvalue weighted by atomic mass is 15.3. The second-order valence-corrected chi connectivity index (χ2v) is 5.12. The summed E-state index contributed by atoms with van der Waals surface area (Å²) in [5.74, 6) is 0.820. The smallest absolute Gasteiger partial charge is 0.124 e. The molecule has 0 saturated carbocycles. The highest BCUT2D eigenvalue weighted by molar-refractivity contribution is 5.42. The zero-order valence-corrected chi connectivity index (χ0v) is 11.9. The van der Waals surface area contributed by atoms with Gasteiger partial charge in [-0.1, -0.05) is 36.8 Å². The predicted octanol–water partition coefficient (Wildman–Crippen LogP) is 3.27. The molecule has 3 nitrogen and oxygen atoms in total. The number of aromatic nitrogens is 2. The van der Waals surface area contributed by atoms with Gasteiger partial charge < -0.3 is 5.73 Å². The maximum Gasteiger partial charge on any atom is 0.124 e. The van der Waals surface area contributed by atoms with Crippen LogP contribution in [0.2, 0.25) is 0 Å². The molecule has 0 aliphatic carbocycles. The van der Waals surface area contributed by atoms with E-state index in [0.29, 0.717) is 0 Å². The van der Waals surface area contributed by atoms with Crippen molar-refractivity contribution < 1.29 is 0 Å². The zero-order valence-electron chi connectivity index (χ0n) is 11.9. The Balaban J connectivity index is 1.72. The minimum Gasteiger partial charge on any atom is -0.384 e. The molecule has 2 aromatic rings. The Kier molecular flexibility index (Phi) is 4.61. The summed E-state index contributed by atoms with van der Waals surface area (Å²) < 4.78 is 1.77. The molecule has 0 spiro atoms. The standard InChI is InChI=1S/C16H23N3/c1-13-15(16(17)19(2)18-13)12-8-4-7-11-14-9-5-3-6-10-14/h3,5-6,9-10H,4,7-8,11-12,17H2,1-2H3. The van der Waals surface area contributed by atoms with Crippen LogP contribution < -0.4 is 5.73 Å². The van der Waals surface area contributed by atoms with Gasteiger partial charge in [-0.2, -0.15) is 5.10 Å². The van der Waals surface area contributed by atoms with Gasteiger partial charge in [0.25, 0.3) is 0 Å². The molecule has 19 heavy (non-hydrogen) atoms. The Morgan fingerprint density at radius 2 is 1.74 bits per heavy atom. The van der Waals surface area contributed by atoms with Crippen LogP contribution in [-0.2, 0) is 19.9 Å². The first-order valence-corrected chi connectivity index (χ1v) is 7.00. The van der Waals surface area contributed by atoms with Crippen LogP contribution in [0, 0.1) is 6.92 Å². The van der Waals surface area contributed by atoms with E-state index in [1.165, 1.54) is 36.8 Å². The molecule has 0 saturated heterocycles. The van der Waals surface area contributed by atoms with Crippen molar-refractivity contribution in [3.8, 4) is 0 Å². The van der Waals surface area contributed by atoms with Gasteiger partial charge in [0, 0.05) is 12.6 Å². The summed E-state index contributed by atoms with van der Waals surface area (Å²) in [7, 11) is 1.90. The minimum atomic E-state index is 0.820. The Labute approximate surface area is 115 Å². The third-order valence-corrected chi connectivity index (χ3v) is 3.63. The van der Waals surface area contributed by atoms with Gasteiger partial charge in [0.1, 0.15) is 5.82 Å². The fraction of sp³-hybridized carbons (Fsp3) is 0.438. The van der Waals surface area contributed by atoms with Crippen LogP contribution in [-0.4, -0.2) is 9.78 Å². The highest BCUT2D eigenvalue weighted by Crippen LogP contribution is 2.18. The monoisotopic (exact) mass is 257 g/mol. The number of nitrogens with two attached hydrogens (primary N) is 1. The summed E-state index contributed by atoms with van der Waals surface area (Å²) >= 11 is 0. The van der Waals surface area contributed by atoms with Crippen LogP contribution >= 0.6 is 0 Å². The summed E-state index contributed by atoms with van der Waals surface area (Å²) in [6.45, 7) is 2.04. The summed E-state index contributed by atoms with van der Waals surface area (Å²) in [6.07, 6.45) is 5.87. The van der Waals surface area contributed by atoms with Crippen molar-refractivity contribution in [1.29, 1.82) is 0 Å². The van der Waals surface area contributed by atoms with Gasteiger partial charge in [-0.25, -0.2) is 0 Å². The van der Waals surface area contributed by atoms with Crippen LogP contribution in [0.4, 0.5) is 5.82 Å². The van der Waals surface area contributed by atoms with E-state index in [2.05, 4.69) is 35.4 Å². The molecule has 0 atom stereocenters. The lowest BCUT2D eigenvalue weighted by atomic mass is 10.0. The SMILES string of the molecule is Cc1nn(C)c(N)c1CCCCCc1ccccc1. The number of benzene rings is 1. The van der Waals surface area contributed by atoms with E-state index >= 15 is 0 Å². The summed E-state index contributed by atoms with van der Waals surface area (Å²) in [5, 5.41) is 4.35. The Hall–Kier alpha value is -1.77. The lowest BCUT2D eigenvalue weighted by Crippen LogP contribution is -1.99. The van der Waals surface area contributed by atoms with Crippen LogP contribution in [0.1, 0.15) is 36.1 Å². The Morgan fingerprint density at radius 1 is 1.05 bits per heavy atom. The van der Waals surface area contributed by atoms with E-state index in [1.807, 2.05) is 14.0 Å². The summed E-state index contributed by atoms with van der Waals surface area (Å²) in [6, 6.07) is 10.7. The van der Waals surface area contributed by atoms with Crippen molar-refractivity contribution in [3.05, 3.63) is 47.2 Å². The van der Waals surface area contributed by atoms with Crippen molar-refractivity contribution >= 4 is 5.82 Å². The first-order valence-electron chi connectivity index (χ1n) is 7.00. The normalized spacial score (nSPS) is 10.8. The Bertz CT molecular complexity index is 514. The van der Waals surface area contributed by atoms with E-state index in [9.17, 15) is 0 Å². The largest absolute Gasteiger partial charge is 0.384 e. The average molecular weight is 257 g/mol. The maximum absolute atomic E-state index is 6.01. The van der Waals surface area contributed by atoms with Gasteiger partial charge in [0.15, 0.2) is 0 Å². The highest BCUT2D eigenvalue weighted by Gasteiger charge is 2.09. The fourth-order valence-corrected chi connectivity index (χ4v) is 2.48. The molecule has 0 bridgehead atoms. The molecule has 0 aliphatic heterocycles. The third-order valence-electron chi connectivity index (χ3n) is 3.63. The summed E-state index contributed by atoms with van der Waals surface area (Å²) in [5.41, 5.74) is 9.74. The van der Waals surface area contributed by atoms with Gasteiger partial charge in [-0.15, -0.1) is 0 Å². The molecule has 0 unspecified atom stereocenters. The molecule has 0 fully saturated rings. The first-order chi connectivity index (χ1) is 9.18. The first kappa shape index (κ1) is 13.7. The van der Waals surface area contributed by atoms with E-state index in [0.717, 1.165) is 17.9 Å². The van der Waals surface area contributed by atoms with Crippen molar-refractivity contribution in [2.24, 2.45) is 7.05 Å². The number of hydrogen-bond donors (Lipinski definition) is 1. The molecule has 2 N–H and O–H groups in total. The lowest BCUT2D eigenvalue weighted by molar-refractivity contribution is 0.677. The third kappa shape index (κ3) is 3.60. The molecule has 102 valence electrons. The van der Waals surface area contributed by atoms with Crippen LogP contribution in [0.5, 0.6) is 0 Å². The van der Waals surface area contributed by atoms with Crippen molar-refractivity contribution in [1.82, 2.24) is 9.78 Å². The van der Waals surface area contributed by atoms with Gasteiger partial charge in [0.2, 0.25) is 0 Å². The molecule has 1 heterocycles. The second kappa shape index (κ2) is 6.41. The molecular formula is C16H23N3. The van der Waals surface area contributed by atoms with Gasteiger partial charge in [0.05, 0.1) is 5.69 Å². The number of nitrogens with zero attached hydrogens (tertiary/aromatic N) is 2. The average Bonchev–Trinajstić information content (AvgIpc) is 2.65. The van der Waals surface area contributed by atoms with Crippen LogP contribution in [0.25, 0.3) is 0 Å². The van der Waals surface area contributed by atoms with Gasteiger partial charge in [-0.3, -0.25) is 4.68 Å². The quantitative estimate of drug-likeness (QED) is 0.807. The number of anilines is 1. The number of rotatable bonds is 6. The van der Waals surface area contributed by atoms with Crippen LogP contribution in [0.15, 0.2) is 30.3 Å². The minimum absolute atomic E-state index is 0.820. The molecule has 1 aromatic carbocycles. The fourth-order valence-electron chi connectivity index (χ4n) is 2.48. The van der Waals surface area contributed by atoms with E-state index in [4.69, 9.17) is 5.73 Å². The molecule has 1 aromatic heterocycles. The van der Waals surface area contributed by atoms with E-state index in [-0.39, 0.29) is 0 Å². The van der Waals surface area contributed by atoms with Crippen molar-refractivity contribution in [3.63, 3.8) is 0 Å². The topological polar surface area (TPSA) is 43.8 Å². The molecular weight excluding hydrogens is 234 g/mol. The Morgan fingerprint density at radius 3 is 2.37 bits per heavy atom. The van der Waals surface area contributed by atoms with Crippen molar-refractivity contribution in [2.75, 3.05) is 5.73 Å². The van der Waals surface area contributed by atoms with Gasteiger partial charge >= 0.3 is 0 Å². The molecule has 3 heteroatoms. The summed E-state index contributed by atoms with van der Waals surface area (Å²) in [4.78, 5) is 0. The number of nitrogen functional groups attached to an aromatic ring is 1. The number of aryl methyl sites for hydroxylation is 3. The zero-order chi connectivity index (χ0) is 13.7. The lowest BCUT2D eigenvalue weighted by Gasteiger charge is -2.03. The number of hydrogen-bond acceptors (Lipinski definition) is 2. The number of unbranched alkanes of at least 4 members (excludes halogenated alkanes) is 2.